The number of halogens is 5. The third-order valence-corrected chi connectivity index (χ3v) is 3.05. The summed E-state index contributed by atoms with van der Waals surface area (Å²) in [4.78, 5) is 5.86. The Kier molecular flexibility index (Phi) is 10.2. The third-order valence-electron chi connectivity index (χ3n) is 3.05. The molecule has 0 saturated carbocycles. The molecule has 0 unspecified atom stereocenters. The van der Waals surface area contributed by atoms with Crippen molar-refractivity contribution in [2.45, 2.75) is 32.0 Å². The number of rotatable bonds is 6. The highest BCUT2D eigenvalue weighted by molar-refractivity contribution is 14.0. The molecule has 1 aromatic rings. The van der Waals surface area contributed by atoms with Crippen LogP contribution in [0.2, 0.25) is 0 Å². The van der Waals surface area contributed by atoms with Crippen molar-refractivity contribution in [3.8, 4) is 0 Å². The van der Waals surface area contributed by atoms with E-state index in [2.05, 4.69) is 10.3 Å². The second-order valence-corrected chi connectivity index (χ2v) is 5.03. The molecule has 1 N–H and O–H groups in total. The van der Waals surface area contributed by atoms with E-state index in [9.17, 15) is 17.6 Å². The van der Waals surface area contributed by atoms with Gasteiger partial charge in [0.15, 0.2) is 5.96 Å². The maximum absolute atomic E-state index is 13.1. The average Bonchev–Trinajstić information content (AvgIpc) is 2.41. The van der Waals surface area contributed by atoms with Crippen molar-refractivity contribution in [3.05, 3.63) is 35.6 Å². The molecule has 23 heavy (non-hydrogen) atoms. The number of guanidine groups is 1. The summed E-state index contributed by atoms with van der Waals surface area (Å²) in [5, 5.41) is 3.01. The Morgan fingerprint density at radius 3 is 2.52 bits per heavy atom. The van der Waals surface area contributed by atoms with Crippen molar-refractivity contribution >= 4 is 29.9 Å². The van der Waals surface area contributed by atoms with Gasteiger partial charge < -0.3 is 10.2 Å². The van der Waals surface area contributed by atoms with Gasteiger partial charge in [-0.1, -0.05) is 12.1 Å². The van der Waals surface area contributed by atoms with E-state index in [1.54, 1.807) is 31.1 Å². The number of aliphatic imine (C=N–C) groups is 1. The molecule has 0 bridgehead atoms. The van der Waals surface area contributed by atoms with Gasteiger partial charge in [-0.05, 0) is 30.5 Å². The van der Waals surface area contributed by atoms with E-state index < -0.39 is 12.6 Å². The maximum Gasteiger partial charge on any atom is 0.389 e. The predicted molar refractivity (Wildman–Crippen MR) is 94.5 cm³/mol. The number of nitrogens with zero attached hydrogens (tertiary/aromatic N) is 2. The minimum Gasteiger partial charge on any atom is -0.356 e. The lowest BCUT2D eigenvalue weighted by molar-refractivity contribution is -0.135. The van der Waals surface area contributed by atoms with Gasteiger partial charge in [0.25, 0.3) is 0 Å². The van der Waals surface area contributed by atoms with Gasteiger partial charge in [-0.3, -0.25) is 4.99 Å². The third kappa shape index (κ3) is 9.62. The lowest BCUT2D eigenvalue weighted by Crippen LogP contribution is -2.38. The lowest BCUT2D eigenvalue weighted by atomic mass is 10.2. The van der Waals surface area contributed by atoms with Crippen molar-refractivity contribution in [3.63, 3.8) is 0 Å². The fraction of sp³-hybridized carbons (Fsp3) is 0.533. The van der Waals surface area contributed by atoms with Crippen LogP contribution in [0.25, 0.3) is 0 Å². The number of hydrogen-bond acceptors (Lipinski definition) is 1. The van der Waals surface area contributed by atoms with Crippen molar-refractivity contribution in [2.24, 2.45) is 4.99 Å². The molecule has 0 aromatic heterocycles. The maximum atomic E-state index is 13.1. The Hall–Kier alpha value is -1.06. The monoisotopic (exact) mass is 447 g/mol. The van der Waals surface area contributed by atoms with Crippen LogP contribution in [-0.2, 0) is 6.54 Å². The Bertz CT molecular complexity index is 492. The van der Waals surface area contributed by atoms with Crippen molar-refractivity contribution < 1.29 is 17.6 Å². The van der Waals surface area contributed by atoms with Gasteiger partial charge in [-0.2, -0.15) is 13.2 Å². The number of nitrogens with one attached hydrogen (secondary N) is 1. The molecule has 8 heteroatoms. The standard InChI is InChI=1S/C15H21F4N3.HI/c1-20-14(21-9-4-3-8-15(17,18)19)22(2)11-12-6-5-7-13(16)10-12;/h5-7,10H,3-4,8-9,11H2,1-2H3,(H,20,21);1H. The lowest BCUT2D eigenvalue weighted by Gasteiger charge is -2.22. The normalized spacial score (nSPS) is 11.8. The van der Waals surface area contributed by atoms with Crippen LogP contribution in [0.3, 0.4) is 0 Å². The molecule has 0 aliphatic carbocycles. The first kappa shape index (κ1) is 21.9. The van der Waals surface area contributed by atoms with Crippen molar-refractivity contribution in [1.82, 2.24) is 10.2 Å². The van der Waals surface area contributed by atoms with Gasteiger partial charge in [0.1, 0.15) is 5.82 Å². The summed E-state index contributed by atoms with van der Waals surface area (Å²) in [6.45, 7) is 0.871. The average molecular weight is 447 g/mol. The fourth-order valence-corrected chi connectivity index (χ4v) is 2.02. The van der Waals surface area contributed by atoms with Crippen LogP contribution in [-0.4, -0.2) is 37.7 Å². The minimum atomic E-state index is -4.10. The number of hydrogen-bond donors (Lipinski definition) is 1. The smallest absolute Gasteiger partial charge is 0.356 e. The highest BCUT2D eigenvalue weighted by Gasteiger charge is 2.25. The Balaban J connectivity index is 0.00000484. The molecule has 0 atom stereocenters. The van der Waals surface area contributed by atoms with Crippen LogP contribution in [0.15, 0.2) is 29.3 Å². The molecule has 0 heterocycles. The molecule has 0 aliphatic heterocycles. The first-order valence-electron chi connectivity index (χ1n) is 7.05. The summed E-state index contributed by atoms with van der Waals surface area (Å²) < 4.78 is 49.2. The van der Waals surface area contributed by atoms with Gasteiger partial charge >= 0.3 is 6.18 Å². The molecule has 0 saturated heterocycles. The zero-order valence-corrected chi connectivity index (χ0v) is 15.5. The molecule has 0 aliphatic rings. The molecule has 1 rings (SSSR count). The van der Waals surface area contributed by atoms with Gasteiger partial charge in [0.2, 0.25) is 0 Å². The van der Waals surface area contributed by atoms with Crippen LogP contribution in [0.5, 0.6) is 0 Å². The highest BCUT2D eigenvalue weighted by Crippen LogP contribution is 2.21. The van der Waals surface area contributed by atoms with Crippen molar-refractivity contribution in [1.29, 1.82) is 0 Å². The molecule has 1 aromatic carbocycles. The van der Waals surface area contributed by atoms with Crippen LogP contribution in [0.4, 0.5) is 17.6 Å². The van der Waals surface area contributed by atoms with E-state index in [1.807, 2.05) is 0 Å². The van der Waals surface area contributed by atoms with Gasteiger partial charge in [0, 0.05) is 33.6 Å². The van der Waals surface area contributed by atoms with Crippen LogP contribution >= 0.6 is 24.0 Å². The summed E-state index contributed by atoms with van der Waals surface area (Å²) in [6.07, 6.45) is -4.38. The zero-order valence-electron chi connectivity index (χ0n) is 13.2. The van der Waals surface area contributed by atoms with Gasteiger partial charge in [-0.15, -0.1) is 24.0 Å². The Morgan fingerprint density at radius 2 is 1.96 bits per heavy atom. The fourth-order valence-electron chi connectivity index (χ4n) is 2.02. The molecule has 0 fully saturated rings. The van der Waals surface area contributed by atoms with E-state index in [4.69, 9.17) is 0 Å². The van der Waals surface area contributed by atoms with Crippen LogP contribution < -0.4 is 5.32 Å². The second-order valence-electron chi connectivity index (χ2n) is 5.03. The summed E-state index contributed by atoms with van der Waals surface area (Å²) in [5.41, 5.74) is 0.794. The van der Waals surface area contributed by atoms with E-state index in [-0.39, 0.29) is 36.2 Å². The molecular weight excluding hydrogens is 425 g/mol. The summed E-state index contributed by atoms with van der Waals surface area (Å²) >= 11 is 0. The second kappa shape index (κ2) is 10.7. The molecule has 0 amide bonds. The Morgan fingerprint density at radius 1 is 1.26 bits per heavy atom. The van der Waals surface area contributed by atoms with Gasteiger partial charge in [0.05, 0.1) is 0 Å². The largest absolute Gasteiger partial charge is 0.389 e. The van der Waals surface area contributed by atoms with E-state index >= 15 is 0 Å². The van der Waals surface area contributed by atoms with E-state index in [1.165, 1.54) is 12.1 Å². The first-order valence-corrected chi connectivity index (χ1v) is 7.05. The van der Waals surface area contributed by atoms with Crippen LogP contribution in [0, 0.1) is 5.82 Å². The molecule has 3 nitrogen and oxygen atoms in total. The Labute approximate surface area is 151 Å². The SMILES string of the molecule is CN=C(NCCCCC(F)(F)F)N(C)Cc1cccc(F)c1.I. The highest BCUT2D eigenvalue weighted by atomic mass is 127. The summed E-state index contributed by atoms with van der Waals surface area (Å²) in [7, 11) is 3.38. The minimum absolute atomic E-state index is 0. The quantitative estimate of drug-likeness (QED) is 0.233. The topological polar surface area (TPSA) is 27.6 Å². The number of benzene rings is 1. The number of unbranched alkanes of at least 4 members (excludes halogenated alkanes) is 1. The van der Waals surface area contributed by atoms with E-state index in [0.29, 0.717) is 25.5 Å². The summed E-state index contributed by atoms with van der Waals surface area (Å²) in [6, 6.07) is 6.24. The molecule has 132 valence electrons. The van der Waals surface area contributed by atoms with Gasteiger partial charge in [-0.25, -0.2) is 4.39 Å². The summed E-state index contributed by atoms with van der Waals surface area (Å²) in [5.74, 6) is 0.261. The van der Waals surface area contributed by atoms with E-state index in [0.717, 1.165) is 5.56 Å². The molecular formula is C15H22F4IN3. The number of alkyl halides is 3. The predicted octanol–water partition coefficient (Wildman–Crippen LogP) is 4.18. The molecule has 0 spiro atoms. The zero-order chi connectivity index (χ0) is 16.6. The van der Waals surface area contributed by atoms with Crippen molar-refractivity contribution in [2.75, 3.05) is 20.6 Å². The molecule has 0 radical (unpaired) electrons. The first-order chi connectivity index (χ1) is 10.3. The van der Waals surface area contributed by atoms with Crippen LogP contribution in [0.1, 0.15) is 24.8 Å².